The number of esters is 6. The quantitative estimate of drug-likeness (QED) is 0.171. The first kappa shape index (κ1) is 35.6. The largest absolute Gasteiger partial charge is 0.496 e. The predicted molar refractivity (Wildman–Crippen MR) is 182 cm³/mol. The summed E-state index contributed by atoms with van der Waals surface area (Å²) in [4.78, 5) is 77.7. The third-order valence-corrected chi connectivity index (χ3v) is 8.47. The fourth-order valence-electron chi connectivity index (χ4n) is 6.80. The molecule has 4 aromatic rings. The van der Waals surface area contributed by atoms with Crippen LogP contribution in [-0.2, 0) is 41.5 Å². The summed E-state index contributed by atoms with van der Waals surface area (Å²) >= 11 is 0. The summed E-state index contributed by atoms with van der Waals surface area (Å²) in [6.45, 7) is 8.00. The van der Waals surface area contributed by atoms with E-state index in [1.54, 1.807) is 38.1 Å². The molecule has 0 spiro atoms. The minimum absolute atomic E-state index is 0.00518. The van der Waals surface area contributed by atoms with E-state index < -0.39 is 48.0 Å². The number of methoxy groups -OCH3 is 2. The van der Waals surface area contributed by atoms with Gasteiger partial charge in [0.25, 0.3) is 0 Å². The van der Waals surface area contributed by atoms with Gasteiger partial charge in [0.05, 0.1) is 36.1 Å². The highest BCUT2D eigenvalue weighted by Crippen LogP contribution is 2.57. The number of fused-ring (bicyclic) bond motifs is 4. The van der Waals surface area contributed by atoms with Crippen molar-refractivity contribution in [2.24, 2.45) is 0 Å². The number of carbonyl (C=O) groups excluding carboxylic acids is 6. The van der Waals surface area contributed by atoms with Crippen molar-refractivity contribution < 1.29 is 66.7 Å². The summed E-state index contributed by atoms with van der Waals surface area (Å²) in [5, 5.41) is 0.722. The van der Waals surface area contributed by atoms with Crippen molar-refractivity contribution in [2.45, 2.75) is 66.6 Å². The Balaban J connectivity index is 1.87. The molecule has 6 rings (SSSR count). The minimum atomic E-state index is -0.821. The van der Waals surface area contributed by atoms with Gasteiger partial charge < -0.3 is 37.9 Å². The molecule has 2 aliphatic heterocycles. The lowest BCUT2D eigenvalue weighted by Gasteiger charge is -2.27. The Kier molecular flexibility index (Phi) is 9.26. The van der Waals surface area contributed by atoms with Crippen LogP contribution in [0.25, 0.3) is 32.7 Å². The Labute approximate surface area is 296 Å². The van der Waals surface area contributed by atoms with Crippen LogP contribution in [-0.4, -0.2) is 62.2 Å². The summed E-state index contributed by atoms with van der Waals surface area (Å²) in [6.07, 6.45) is -0.389. The topological polar surface area (TPSA) is 176 Å². The molecule has 0 bridgehead atoms. The molecule has 0 N–H and O–H groups in total. The lowest BCUT2D eigenvalue weighted by atomic mass is 9.88. The second kappa shape index (κ2) is 13.5. The number of hydrogen-bond donors (Lipinski definition) is 0. The number of hydrogen-bond acceptors (Lipinski definition) is 14. The van der Waals surface area contributed by atoms with Crippen LogP contribution in [0, 0.1) is 0 Å². The maximum Gasteiger partial charge on any atom is 0.342 e. The van der Waals surface area contributed by atoms with E-state index in [0.29, 0.717) is 21.9 Å². The molecule has 0 fully saturated rings. The molecule has 0 amide bonds. The van der Waals surface area contributed by atoms with Crippen LogP contribution in [0.3, 0.4) is 0 Å². The summed E-state index contributed by atoms with van der Waals surface area (Å²) in [5.41, 5.74) is 0.830. The fourth-order valence-corrected chi connectivity index (χ4v) is 6.80. The van der Waals surface area contributed by atoms with E-state index in [1.807, 2.05) is 0 Å². The molecule has 14 heteroatoms. The van der Waals surface area contributed by atoms with Crippen LogP contribution in [0.4, 0.5) is 0 Å². The zero-order valence-electron chi connectivity index (χ0n) is 29.6. The molecule has 14 nitrogen and oxygen atoms in total. The summed E-state index contributed by atoms with van der Waals surface area (Å²) < 4.78 is 45.9. The lowest BCUT2D eigenvalue weighted by Crippen LogP contribution is -2.26. The molecule has 2 aliphatic rings. The van der Waals surface area contributed by atoms with Crippen LogP contribution in [0.5, 0.6) is 34.5 Å². The van der Waals surface area contributed by atoms with E-state index in [9.17, 15) is 28.8 Å². The van der Waals surface area contributed by atoms with E-state index in [4.69, 9.17) is 37.9 Å². The van der Waals surface area contributed by atoms with Crippen molar-refractivity contribution in [3.8, 4) is 45.6 Å². The van der Waals surface area contributed by atoms with Gasteiger partial charge in [0.15, 0.2) is 23.0 Å². The van der Waals surface area contributed by atoms with E-state index in [2.05, 4.69) is 0 Å². The Morgan fingerprint density at radius 3 is 1.13 bits per heavy atom. The van der Waals surface area contributed by atoms with Crippen LogP contribution >= 0.6 is 0 Å². The number of cyclic esters (lactones) is 2. The summed E-state index contributed by atoms with van der Waals surface area (Å²) in [5.74, 6) is -5.62. The molecular formula is C38H34O14. The Morgan fingerprint density at radius 1 is 0.538 bits per heavy atom. The highest BCUT2D eigenvalue weighted by molar-refractivity contribution is 6.15. The van der Waals surface area contributed by atoms with E-state index in [0.717, 1.165) is 27.7 Å². The molecule has 4 aromatic carbocycles. The van der Waals surface area contributed by atoms with Gasteiger partial charge in [0.1, 0.15) is 34.8 Å². The first-order chi connectivity index (χ1) is 24.6. The molecule has 0 saturated heterocycles. The lowest BCUT2D eigenvalue weighted by molar-refractivity contribution is -0.133. The Bertz CT molecular complexity index is 2110. The van der Waals surface area contributed by atoms with Gasteiger partial charge >= 0.3 is 35.8 Å². The molecule has 0 radical (unpaired) electrons. The van der Waals surface area contributed by atoms with E-state index in [1.165, 1.54) is 14.2 Å². The van der Waals surface area contributed by atoms with Crippen molar-refractivity contribution in [2.75, 3.05) is 14.2 Å². The second-order valence-corrected chi connectivity index (χ2v) is 12.5. The number of benzene rings is 4. The van der Waals surface area contributed by atoms with Crippen LogP contribution in [0.15, 0.2) is 24.3 Å². The van der Waals surface area contributed by atoms with Gasteiger partial charge in [-0.1, -0.05) is 0 Å². The molecule has 0 aliphatic carbocycles. The van der Waals surface area contributed by atoms with Gasteiger partial charge in [-0.2, -0.15) is 0 Å². The van der Waals surface area contributed by atoms with Crippen molar-refractivity contribution in [1.29, 1.82) is 0 Å². The van der Waals surface area contributed by atoms with E-state index in [-0.39, 0.29) is 80.4 Å². The number of ether oxygens (including phenoxy) is 8. The zero-order chi connectivity index (χ0) is 37.8. The molecule has 0 saturated carbocycles. The molecule has 270 valence electrons. The van der Waals surface area contributed by atoms with E-state index >= 15 is 0 Å². The van der Waals surface area contributed by atoms with Gasteiger partial charge in [0.2, 0.25) is 0 Å². The zero-order valence-corrected chi connectivity index (χ0v) is 29.6. The number of rotatable bonds is 7. The van der Waals surface area contributed by atoms with Crippen molar-refractivity contribution in [3.63, 3.8) is 0 Å². The Morgan fingerprint density at radius 2 is 0.846 bits per heavy atom. The molecule has 2 heterocycles. The summed E-state index contributed by atoms with van der Waals surface area (Å²) in [7, 11) is 2.70. The van der Waals surface area contributed by atoms with Crippen LogP contribution in [0.1, 0.15) is 73.4 Å². The predicted octanol–water partition coefficient (Wildman–Crippen LogP) is 5.58. The fraction of sp³-hybridized carbons (Fsp3) is 0.316. The van der Waals surface area contributed by atoms with Gasteiger partial charge in [-0.25, -0.2) is 9.59 Å². The summed E-state index contributed by atoms with van der Waals surface area (Å²) in [6, 6.07) is 6.48. The third kappa shape index (κ3) is 6.20. The average Bonchev–Trinajstić information content (AvgIpc) is 3.02. The minimum Gasteiger partial charge on any atom is -0.496 e. The van der Waals surface area contributed by atoms with Gasteiger partial charge in [-0.05, 0) is 60.0 Å². The molecular weight excluding hydrogens is 680 g/mol. The van der Waals surface area contributed by atoms with Crippen LogP contribution < -0.4 is 28.4 Å². The van der Waals surface area contributed by atoms with Gasteiger partial charge in [0, 0.05) is 40.5 Å². The monoisotopic (exact) mass is 714 g/mol. The van der Waals surface area contributed by atoms with Crippen molar-refractivity contribution in [1.82, 2.24) is 0 Å². The van der Waals surface area contributed by atoms with Crippen molar-refractivity contribution >= 4 is 57.4 Å². The molecule has 2 atom stereocenters. The van der Waals surface area contributed by atoms with Gasteiger partial charge in [-0.15, -0.1) is 0 Å². The first-order valence-electron chi connectivity index (χ1n) is 16.2. The molecule has 0 aromatic heterocycles. The Hall–Kier alpha value is -6.18. The SMILES string of the molecule is COc1cc2cc3c(c(OC(C)=O)c2c(OC(C)=O)c1-c1c(OC)cc2cc4c(c(OC(C)=O)c2c1OC(C)=O)C(=O)O[C@H](C)C4)C(=O)O[C@H](C)C3. The van der Waals surface area contributed by atoms with Gasteiger partial charge in [-0.3, -0.25) is 19.2 Å². The maximum atomic E-state index is 13.4. The van der Waals surface area contributed by atoms with Crippen molar-refractivity contribution in [3.05, 3.63) is 46.5 Å². The standard InChI is InChI=1S/C38H34O14/c1-15-9-21-11-23-13-25(45-7)31(35(51-19(5)41)27(23)33(49-17(3)39)29(21)37(43)47-15)32-26(46-8)14-24-12-22-10-16(2)48-38(44)30(22)34(50-18(4)40)28(24)36(32)52-20(6)42/h11-16H,9-10H2,1-8H3/t15-,16-/m1/s1. The smallest absolute Gasteiger partial charge is 0.342 e. The third-order valence-electron chi connectivity index (χ3n) is 8.47. The normalized spacial score (nSPS) is 16.2. The van der Waals surface area contributed by atoms with Crippen LogP contribution in [0.2, 0.25) is 0 Å². The first-order valence-corrected chi connectivity index (χ1v) is 16.2. The number of carbonyl (C=O) groups is 6. The molecule has 0 unspecified atom stereocenters. The highest BCUT2D eigenvalue weighted by Gasteiger charge is 2.37. The maximum absolute atomic E-state index is 13.4. The molecule has 52 heavy (non-hydrogen) atoms. The highest BCUT2D eigenvalue weighted by atomic mass is 16.6. The second-order valence-electron chi connectivity index (χ2n) is 12.5. The average molecular weight is 715 g/mol.